The van der Waals surface area contributed by atoms with Crippen LogP contribution in [0.5, 0.6) is 0 Å². The molecule has 4 nitrogen and oxygen atoms in total. The monoisotopic (exact) mass is 368 g/mol. The van der Waals surface area contributed by atoms with E-state index < -0.39 is 11.7 Å². The van der Waals surface area contributed by atoms with Crippen molar-refractivity contribution in [3.8, 4) is 0 Å². The quantitative estimate of drug-likeness (QED) is 0.761. The summed E-state index contributed by atoms with van der Waals surface area (Å²) in [6.07, 6.45) is -1.91. The van der Waals surface area contributed by atoms with Gasteiger partial charge in [0.1, 0.15) is 0 Å². The summed E-state index contributed by atoms with van der Waals surface area (Å²) in [5.41, 5.74) is -0.714. The fourth-order valence-electron chi connectivity index (χ4n) is 4.16. The number of carbonyl (C=O) groups is 2. The van der Waals surface area contributed by atoms with Crippen LogP contribution in [0, 0.1) is 12.3 Å². The van der Waals surface area contributed by atoms with Gasteiger partial charge >= 0.3 is 6.18 Å². The van der Waals surface area contributed by atoms with Crippen LogP contribution in [0.1, 0.15) is 47.7 Å². The van der Waals surface area contributed by atoms with Crippen molar-refractivity contribution >= 4 is 11.8 Å². The van der Waals surface area contributed by atoms with E-state index in [-0.39, 0.29) is 28.4 Å². The highest BCUT2D eigenvalue weighted by Crippen LogP contribution is 2.39. The minimum absolute atomic E-state index is 0.0266. The number of likely N-dealkylation sites (tertiary alicyclic amines) is 2. The van der Waals surface area contributed by atoms with Gasteiger partial charge < -0.3 is 9.80 Å². The molecule has 1 atom stereocenters. The van der Waals surface area contributed by atoms with Gasteiger partial charge in [0, 0.05) is 44.1 Å². The Hall–Kier alpha value is -2.05. The second-order valence-corrected chi connectivity index (χ2v) is 7.55. The predicted octanol–water partition coefficient (Wildman–Crippen LogP) is 3.49. The van der Waals surface area contributed by atoms with Crippen molar-refractivity contribution in [3.63, 3.8) is 0 Å². The van der Waals surface area contributed by atoms with Crippen LogP contribution in [0.25, 0.3) is 0 Å². The van der Waals surface area contributed by atoms with Crippen LogP contribution in [0.3, 0.4) is 0 Å². The van der Waals surface area contributed by atoms with Gasteiger partial charge in [0.05, 0.1) is 5.56 Å². The van der Waals surface area contributed by atoms with Gasteiger partial charge in [-0.05, 0) is 43.9 Å². The minimum Gasteiger partial charge on any atom is -0.342 e. The molecule has 7 heteroatoms. The van der Waals surface area contributed by atoms with E-state index in [4.69, 9.17) is 0 Å². The maximum atomic E-state index is 13.1. The molecule has 0 bridgehead atoms. The Morgan fingerprint density at radius 2 is 1.77 bits per heavy atom. The van der Waals surface area contributed by atoms with E-state index in [1.165, 1.54) is 26.0 Å². The highest BCUT2D eigenvalue weighted by atomic mass is 19.4. The lowest BCUT2D eigenvalue weighted by Gasteiger charge is -2.40. The molecule has 142 valence electrons. The summed E-state index contributed by atoms with van der Waals surface area (Å²) in [6, 6.07) is 3.77. The lowest BCUT2D eigenvalue weighted by Crippen LogP contribution is -2.47. The Morgan fingerprint density at radius 1 is 1.08 bits per heavy atom. The molecule has 1 aromatic rings. The molecule has 2 aliphatic rings. The van der Waals surface area contributed by atoms with E-state index in [2.05, 4.69) is 0 Å². The molecular weight excluding hydrogens is 345 g/mol. The third-order valence-electron chi connectivity index (χ3n) is 5.62. The molecule has 26 heavy (non-hydrogen) atoms. The Morgan fingerprint density at radius 3 is 2.38 bits per heavy atom. The van der Waals surface area contributed by atoms with Crippen LogP contribution in [0.4, 0.5) is 13.2 Å². The van der Waals surface area contributed by atoms with Crippen LogP contribution >= 0.6 is 0 Å². The molecule has 2 fully saturated rings. The summed E-state index contributed by atoms with van der Waals surface area (Å²) >= 11 is 0. The molecule has 0 aliphatic carbocycles. The summed E-state index contributed by atoms with van der Waals surface area (Å²) in [5, 5.41) is 0. The summed E-state index contributed by atoms with van der Waals surface area (Å²) in [4.78, 5) is 27.9. The first-order valence-corrected chi connectivity index (χ1v) is 8.84. The number of halogens is 3. The van der Waals surface area contributed by atoms with Crippen molar-refractivity contribution in [2.45, 2.75) is 39.3 Å². The number of nitrogens with zero attached hydrogens (tertiary/aromatic N) is 2. The fourth-order valence-corrected chi connectivity index (χ4v) is 4.16. The molecule has 2 aliphatic heterocycles. The van der Waals surface area contributed by atoms with Crippen molar-refractivity contribution in [2.75, 3.05) is 26.2 Å². The molecule has 3 rings (SSSR count). The van der Waals surface area contributed by atoms with Gasteiger partial charge in [-0.2, -0.15) is 13.2 Å². The van der Waals surface area contributed by atoms with E-state index in [0.717, 1.165) is 25.3 Å². The number of carbonyl (C=O) groups excluding carboxylic acids is 2. The number of aryl methyl sites for hydroxylation is 1. The van der Waals surface area contributed by atoms with Gasteiger partial charge in [0.25, 0.3) is 5.91 Å². The number of hydrogen-bond donors (Lipinski definition) is 0. The second-order valence-electron chi connectivity index (χ2n) is 7.55. The third-order valence-corrected chi connectivity index (χ3v) is 5.62. The zero-order valence-corrected chi connectivity index (χ0v) is 15.0. The van der Waals surface area contributed by atoms with E-state index in [0.29, 0.717) is 26.2 Å². The first-order chi connectivity index (χ1) is 12.1. The number of rotatable bonds is 1. The zero-order valence-electron chi connectivity index (χ0n) is 15.0. The van der Waals surface area contributed by atoms with Gasteiger partial charge in [-0.25, -0.2) is 0 Å². The molecule has 0 saturated carbocycles. The molecule has 2 amide bonds. The summed E-state index contributed by atoms with van der Waals surface area (Å²) in [7, 11) is 0. The van der Waals surface area contributed by atoms with Crippen LogP contribution in [-0.2, 0) is 11.0 Å². The molecule has 0 aromatic heterocycles. The van der Waals surface area contributed by atoms with Crippen molar-refractivity contribution in [1.82, 2.24) is 9.80 Å². The predicted molar refractivity (Wildman–Crippen MR) is 90.6 cm³/mol. The van der Waals surface area contributed by atoms with E-state index in [1.54, 1.807) is 9.80 Å². The molecule has 0 radical (unpaired) electrons. The average molecular weight is 368 g/mol. The van der Waals surface area contributed by atoms with Gasteiger partial charge in [-0.3, -0.25) is 9.59 Å². The number of hydrogen-bond acceptors (Lipinski definition) is 2. The average Bonchev–Trinajstić information content (AvgIpc) is 2.97. The normalized spacial score (nSPS) is 23.6. The first-order valence-electron chi connectivity index (χ1n) is 8.84. The van der Waals surface area contributed by atoms with Crippen LogP contribution in [-0.4, -0.2) is 47.8 Å². The molecule has 2 heterocycles. The van der Waals surface area contributed by atoms with E-state index >= 15 is 0 Å². The van der Waals surface area contributed by atoms with E-state index in [9.17, 15) is 22.8 Å². The fraction of sp³-hybridized carbons (Fsp3) is 0.579. The van der Waals surface area contributed by atoms with Gasteiger partial charge in [0.2, 0.25) is 5.91 Å². The Balaban J connectivity index is 1.79. The SMILES string of the molecule is CC(=O)N1CC[C@]2(CCCN(C(=O)c3ccc(C)c(C(F)(F)F)c3)C2)C1. The molecule has 0 unspecified atom stereocenters. The summed E-state index contributed by atoms with van der Waals surface area (Å²) in [5.74, 6) is -0.338. The lowest BCUT2D eigenvalue weighted by molar-refractivity contribution is -0.138. The zero-order chi connectivity index (χ0) is 19.1. The number of benzene rings is 1. The van der Waals surface area contributed by atoms with Crippen molar-refractivity contribution in [2.24, 2.45) is 5.41 Å². The van der Waals surface area contributed by atoms with E-state index in [1.807, 2.05) is 0 Å². The molecule has 1 spiro atoms. The van der Waals surface area contributed by atoms with Crippen molar-refractivity contribution < 1.29 is 22.8 Å². The second kappa shape index (κ2) is 6.59. The summed E-state index contributed by atoms with van der Waals surface area (Å²) in [6.45, 7) is 5.26. The Kier molecular flexibility index (Phi) is 4.75. The van der Waals surface area contributed by atoms with Gasteiger partial charge in [-0.1, -0.05) is 6.07 Å². The van der Waals surface area contributed by atoms with Crippen LogP contribution in [0.2, 0.25) is 0 Å². The number of alkyl halides is 3. The standard InChI is InChI=1S/C19H23F3N2O2/c1-13-4-5-15(10-16(13)19(20,21)22)17(26)24-8-3-6-18(12-24)7-9-23(11-18)14(2)25/h4-5,10H,3,6-9,11-12H2,1-2H3/t18-/m1/s1. The lowest BCUT2D eigenvalue weighted by atomic mass is 9.79. The smallest absolute Gasteiger partial charge is 0.342 e. The Bertz CT molecular complexity index is 732. The van der Waals surface area contributed by atoms with Gasteiger partial charge in [-0.15, -0.1) is 0 Å². The van der Waals surface area contributed by atoms with Gasteiger partial charge in [0.15, 0.2) is 0 Å². The maximum absolute atomic E-state index is 13.1. The highest BCUT2D eigenvalue weighted by molar-refractivity contribution is 5.94. The number of piperidine rings is 1. The number of amides is 2. The van der Waals surface area contributed by atoms with Crippen LogP contribution in [0.15, 0.2) is 18.2 Å². The largest absolute Gasteiger partial charge is 0.416 e. The first kappa shape index (κ1) is 18.7. The minimum atomic E-state index is -4.48. The van der Waals surface area contributed by atoms with Crippen molar-refractivity contribution in [1.29, 1.82) is 0 Å². The third kappa shape index (κ3) is 3.57. The topological polar surface area (TPSA) is 40.6 Å². The molecule has 1 aromatic carbocycles. The maximum Gasteiger partial charge on any atom is 0.416 e. The highest BCUT2D eigenvalue weighted by Gasteiger charge is 2.43. The molecule has 2 saturated heterocycles. The summed E-state index contributed by atoms with van der Waals surface area (Å²) < 4.78 is 39.4. The molecular formula is C19H23F3N2O2. The van der Waals surface area contributed by atoms with Crippen LogP contribution < -0.4 is 0 Å². The Labute approximate surface area is 151 Å². The molecule has 0 N–H and O–H groups in total. The van der Waals surface area contributed by atoms with Crippen molar-refractivity contribution in [3.05, 3.63) is 34.9 Å².